The monoisotopic (exact) mass is 683 g/mol. The van der Waals surface area contributed by atoms with Gasteiger partial charge in [-0.25, -0.2) is 0 Å². The summed E-state index contributed by atoms with van der Waals surface area (Å²) in [5.41, 5.74) is 11.7. The van der Waals surface area contributed by atoms with Crippen molar-refractivity contribution in [3.05, 3.63) is 176 Å². The zero-order chi connectivity index (χ0) is 34.2. The zero-order valence-electron chi connectivity index (χ0n) is 27.9. The Balaban J connectivity index is 1.13. The largest absolute Gasteiger partial charge is 0.456 e. The molecule has 0 radical (unpaired) electrons. The van der Waals surface area contributed by atoms with E-state index in [0.717, 1.165) is 72.1 Å². The number of hydrogen-bond acceptors (Lipinski definition) is 4. The molecule has 0 spiro atoms. The number of benzene rings is 8. The molecule has 3 aromatic heterocycles. The lowest BCUT2D eigenvalue weighted by Crippen LogP contribution is -2.10. The van der Waals surface area contributed by atoms with Crippen molar-refractivity contribution >= 4 is 92.4 Å². The minimum Gasteiger partial charge on any atom is -0.456 e. The summed E-state index contributed by atoms with van der Waals surface area (Å²) in [5, 5.41) is 7.02. The van der Waals surface area contributed by atoms with E-state index in [0.29, 0.717) is 0 Å². The Labute approximate surface area is 303 Å². The van der Waals surface area contributed by atoms with E-state index in [4.69, 9.17) is 8.83 Å². The van der Waals surface area contributed by atoms with Crippen LogP contribution in [0.3, 0.4) is 0 Å². The van der Waals surface area contributed by atoms with Gasteiger partial charge in [0.05, 0.1) is 10.4 Å². The molecule has 11 aromatic rings. The molecule has 4 heteroatoms. The topological polar surface area (TPSA) is 29.5 Å². The maximum Gasteiger partial charge on any atom is 0.136 e. The molecule has 0 unspecified atom stereocenters. The average Bonchev–Trinajstić information content (AvgIpc) is 3.90. The molecule has 244 valence electrons. The summed E-state index contributed by atoms with van der Waals surface area (Å²) < 4.78 is 15.0. The number of nitrogens with zero attached hydrogens (tertiary/aromatic N) is 1. The molecule has 52 heavy (non-hydrogen) atoms. The van der Waals surface area contributed by atoms with Gasteiger partial charge in [0.15, 0.2) is 0 Å². The van der Waals surface area contributed by atoms with Crippen LogP contribution < -0.4 is 4.90 Å². The Morgan fingerprint density at radius 1 is 0.365 bits per heavy atom. The van der Waals surface area contributed by atoms with Crippen LogP contribution in [-0.4, -0.2) is 0 Å². The predicted octanol–water partition coefficient (Wildman–Crippen LogP) is 14.7. The number of rotatable bonds is 5. The highest BCUT2D eigenvalue weighted by molar-refractivity contribution is 7.27. The summed E-state index contributed by atoms with van der Waals surface area (Å²) in [5.74, 6) is 0. The van der Waals surface area contributed by atoms with E-state index in [1.165, 1.54) is 31.3 Å². The van der Waals surface area contributed by atoms with E-state index < -0.39 is 0 Å². The minimum atomic E-state index is 0.883. The van der Waals surface area contributed by atoms with Crippen molar-refractivity contribution in [2.45, 2.75) is 0 Å². The van der Waals surface area contributed by atoms with Crippen LogP contribution in [0.4, 0.5) is 17.1 Å². The Morgan fingerprint density at radius 3 is 1.79 bits per heavy atom. The highest BCUT2D eigenvalue weighted by Crippen LogP contribution is 2.48. The number of hydrogen-bond donors (Lipinski definition) is 0. The van der Waals surface area contributed by atoms with Crippen LogP contribution in [0.5, 0.6) is 0 Å². The van der Waals surface area contributed by atoms with Gasteiger partial charge in [-0.05, 0) is 76.9 Å². The molecule has 0 N–H and O–H groups in total. The molecule has 0 aliphatic heterocycles. The normalized spacial score (nSPS) is 11.8. The smallest absolute Gasteiger partial charge is 0.136 e. The molecular weight excluding hydrogens is 655 g/mol. The molecule has 8 aromatic carbocycles. The van der Waals surface area contributed by atoms with E-state index >= 15 is 0 Å². The van der Waals surface area contributed by atoms with Crippen molar-refractivity contribution in [1.29, 1.82) is 0 Å². The minimum absolute atomic E-state index is 0.883. The van der Waals surface area contributed by atoms with Gasteiger partial charge in [-0.3, -0.25) is 0 Å². The highest BCUT2D eigenvalue weighted by atomic mass is 32.1. The summed E-state index contributed by atoms with van der Waals surface area (Å²) >= 11 is 1.87. The summed E-state index contributed by atoms with van der Waals surface area (Å²) in [6.45, 7) is 0. The van der Waals surface area contributed by atoms with Crippen molar-refractivity contribution in [3.63, 3.8) is 0 Å². The SMILES string of the molecule is c1ccc(-c2cccc3c2sc2c(N(c4ccc(-c5cccc6oc7ccccc7c56)cc4)c4ccc5oc6ccccc6c5c4)cccc23)cc1. The molecule has 0 amide bonds. The van der Waals surface area contributed by atoms with Gasteiger partial charge in [0.25, 0.3) is 0 Å². The van der Waals surface area contributed by atoms with E-state index in [1.54, 1.807) is 0 Å². The van der Waals surface area contributed by atoms with Gasteiger partial charge < -0.3 is 13.7 Å². The van der Waals surface area contributed by atoms with Gasteiger partial charge in [-0.1, -0.05) is 121 Å². The third kappa shape index (κ3) is 4.45. The maximum absolute atomic E-state index is 6.26. The summed E-state index contributed by atoms with van der Waals surface area (Å²) in [4.78, 5) is 2.40. The Morgan fingerprint density at radius 2 is 0.942 bits per heavy atom. The van der Waals surface area contributed by atoms with Crippen LogP contribution in [-0.2, 0) is 0 Å². The van der Waals surface area contributed by atoms with Crippen molar-refractivity contribution < 1.29 is 8.83 Å². The quantitative estimate of drug-likeness (QED) is 0.181. The Kier molecular flexibility index (Phi) is 6.42. The number of para-hydroxylation sites is 2. The van der Waals surface area contributed by atoms with Gasteiger partial charge in [0.1, 0.15) is 22.3 Å². The molecule has 0 aliphatic rings. The molecule has 0 saturated heterocycles. The molecule has 0 fully saturated rings. The average molecular weight is 684 g/mol. The molecule has 0 saturated carbocycles. The zero-order valence-corrected chi connectivity index (χ0v) is 28.7. The highest BCUT2D eigenvalue weighted by Gasteiger charge is 2.21. The summed E-state index contributed by atoms with van der Waals surface area (Å²) in [7, 11) is 0. The van der Waals surface area contributed by atoms with E-state index in [-0.39, 0.29) is 0 Å². The lowest BCUT2D eigenvalue weighted by atomic mass is 9.99. The van der Waals surface area contributed by atoms with Gasteiger partial charge in [-0.15, -0.1) is 11.3 Å². The standard InChI is InChI=1S/C48H29NO2S/c1-2-11-30(12-3-1)35-16-8-17-37-38-18-9-19-41(48(38)52-47(35)37)49(33-27-28-44-40(29-33)36-13-4-6-20-42(36)50-44)32-25-23-31(24-26-32)34-15-10-22-45-46(34)39-14-5-7-21-43(39)51-45/h1-29H. The first-order valence-corrected chi connectivity index (χ1v) is 18.3. The number of anilines is 3. The fraction of sp³-hybridized carbons (Fsp3) is 0. The van der Waals surface area contributed by atoms with Crippen LogP contribution in [0.25, 0.3) is 86.3 Å². The van der Waals surface area contributed by atoms with Crippen LogP contribution in [0.15, 0.2) is 185 Å². The van der Waals surface area contributed by atoms with E-state index in [2.05, 4.69) is 157 Å². The van der Waals surface area contributed by atoms with E-state index in [9.17, 15) is 0 Å². The van der Waals surface area contributed by atoms with Crippen LogP contribution in [0, 0.1) is 0 Å². The van der Waals surface area contributed by atoms with Crippen LogP contribution in [0.1, 0.15) is 0 Å². The lowest BCUT2D eigenvalue weighted by molar-refractivity contribution is 0.668. The summed E-state index contributed by atoms with van der Waals surface area (Å²) in [6.07, 6.45) is 0. The number of fused-ring (bicyclic) bond motifs is 9. The second kappa shape index (κ2) is 11.5. The Hall–Kier alpha value is -6.62. The fourth-order valence-corrected chi connectivity index (χ4v) is 9.25. The molecule has 3 heterocycles. The van der Waals surface area contributed by atoms with Crippen LogP contribution in [0.2, 0.25) is 0 Å². The molecule has 0 atom stereocenters. The number of thiophene rings is 1. The van der Waals surface area contributed by atoms with Gasteiger partial charge in [0.2, 0.25) is 0 Å². The van der Waals surface area contributed by atoms with Crippen molar-refractivity contribution in [1.82, 2.24) is 0 Å². The molecular formula is C48H29NO2S. The second-order valence-electron chi connectivity index (χ2n) is 13.2. The van der Waals surface area contributed by atoms with Crippen molar-refractivity contribution in [2.75, 3.05) is 4.90 Å². The molecule has 11 rings (SSSR count). The predicted molar refractivity (Wildman–Crippen MR) is 219 cm³/mol. The molecule has 3 nitrogen and oxygen atoms in total. The third-order valence-electron chi connectivity index (χ3n) is 10.3. The molecule has 0 bridgehead atoms. The Bertz CT molecular complexity index is 3130. The molecule has 0 aliphatic carbocycles. The first-order chi connectivity index (χ1) is 25.8. The number of furan rings is 2. The fourth-order valence-electron chi connectivity index (χ4n) is 7.91. The second-order valence-corrected chi connectivity index (χ2v) is 14.3. The van der Waals surface area contributed by atoms with Crippen LogP contribution >= 0.6 is 11.3 Å². The van der Waals surface area contributed by atoms with Gasteiger partial charge in [0, 0.05) is 48.4 Å². The van der Waals surface area contributed by atoms with Crippen molar-refractivity contribution in [3.8, 4) is 22.3 Å². The van der Waals surface area contributed by atoms with Crippen molar-refractivity contribution in [2.24, 2.45) is 0 Å². The third-order valence-corrected chi connectivity index (χ3v) is 11.6. The lowest BCUT2D eigenvalue weighted by Gasteiger charge is -2.26. The first kappa shape index (κ1) is 29.1. The maximum atomic E-state index is 6.26. The van der Waals surface area contributed by atoms with E-state index in [1.807, 2.05) is 35.6 Å². The summed E-state index contributed by atoms with van der Waals surface area (Å²) in [6, 6.07) is 62.5. The first-order valence-electron chi connectivity index (χ1n) is 17.5. The van der Waals surface area contributed by atoms with Gasteiger partial charge >= 0.3 is 0 Å². The van der Waals surface area contributed by atoms with Gasteiger partial charge in [-0.2, -0.15) is 0 Å².